The smallest absolute Gasteiger partial charge is 0.219 e. The summed E-state index contributed by atoms with van der Waals surface area (Å²) in [6.07, 6.45) is 3.51. The highest BCUT2D eigenvalue weighted by atomic mass is 15.0. The highest BCUT2D eigenvalue weighted by Crippen LogP contribution is 2.31. The molecule has 0 saturated carbocycles. The summed E-state index contributed by atoms with van der Waals surface area (Å²) in [5.41, 5.74) is 9.94. The summed E-state index contributed by atoms with van der Waals surface area (Å²) in [5, 5.41) is 0. The molecule has 3 rings (SSSR count). The van der Waals surface area contributed by atoms with Gasteiger partial charge in [0, 0.05) is 18.0 Å². The molecule has 19 heavy (non-hydrogen) atoms. The van der Waals surface area contributed by atoms with Crippen LogP contribution < -0.4 is 5.73 Å². The Balaban J connectivity index is 2.15. The number of benzene rings is 2. The molecule has 0 saturated heterocycles. The van der Waals surface area contributed by atoms with Gasteiger partial charge in [-0.3, -0.25) is 0 Å². The summed E-state index contributed by atoms with van der Waals surface area (Å²) >= 11 is 0. The molecule has 0 amide bonds. The predicted molar refractivity (Wildman–Crippen MR) is 77.3 cm³/mol. The average Bonchev–Trinajstić information content (AvgIpc) is 2.49. The SMILES string of the molecule is Nc1ncc(-c2ccccc2-c2ccccc2)cn1. The second-order valence-corrected chi connectivity index (χ2v) is 4.24. The summed E-state index contributed by atoms with van der Waals surface area (Å²) in [6.45, 7) is 0. The van der Waals surface area contributed by atoms with Crippen molar-refractivity contribution in [3.63, 3.8) is 0 Å². The van der Waals surface area contributed by atoms with Crippen molar-refractivity contribution in [3.8, 4) is 22.3 Å². The molecule has 0 radical (unpaired) electrons. The second-order valence-electron chi connectivity index (χ2n) is 4.24. The number of aromatic nitrogens is 2. The number of anilines is 1. The lowest BCUT2D eigenvalue weighted by atomic mass is 9.96. The number of nitrogen functional groups attached to an aromatic ring is 1. The number of nitrogens with two attached hydrogens (primary N) is 1. The van der Waals surface area contributed by atoms with E-state index in [4.69, 9.17) is 5.73 Å². The van der Waals surface area contributed by atoms with Gasteiger partial charge < -0.3 is 5.73 Å². The van der Waals surface area contributed by atoms with Gasteiger partial charge in [-0.15, -0.1) is 0 Å². The van der Waals surface area contributed by atoms with Crippen LogP contribution in [0.15, 0.2) is 67.0 Å². The minimum atomic E-state index is 0.293. The van der Waals surface area contributed by atoms with Gasteiger partial charge in [-0.2, -0.15) is 0 Å². The fraction of sp³-hybridized carbons (Fsp3) is 0. The van der Waals surface area contributed by atoms with Crippen molar-refractivity contribution in [2.75, 3.05) is 5.73 Å². The molecule has 0 unspecified atom stereocenters. The Kier molecular flexibility index (Phi) is 2.94. The molecule has 2 N–H and O–H groups in total. The molecular weight excluding hydrogens is 234 g/mol. The van der Waals surface area contributed by atoms with E-state index in [1.165, 1.54) is 5.56 Å². The molecule has 2 aromatic carbocycles. The summed E-state index contributed by atoms with van der Waals surface area (Å²) in [6, 6.07) is 18.5. The van der Waals surface area contributed by atoms with Crippen LogP contribution in [-0.4, -0.2) is 9.97 Å². The zero-order valence-corrected chi connectivity index (χ0v) is 10.3. The Morgan fingerprint density at radius 2 is 1.16 bits per heavy atom. The van der Waals surface area contributed by atoms with Crippen LogP contribution in [0.4, 0.5) is 5.95 Å². The van der Waals surface area contributed by atoms with E-state index in [2.05, 4.69) is 34.2 Å². The van der Waals surface area contributed by atoms with E-state index in [0.717, 1.165) is 16.7 Å². The lowest BCUT2D eigenvalue weighted by Gasteiger charge is -2.09. The van der Waals surface area contributed by atoms with Gasteiger partial charge in [-0.05, 0) is 16.7 Å². The molecule has 0 fully saturated rings. The molecule has 0 aliphatic heterocycles. The number of hydrogen-bond donors (Lipinski definition) is 1. The van der Waals surface area contributed by atoms with E-state index < -0.39 is 0 Å². The van der Waals surface area contributed by atoms with E-state index >= 15 is 0 Å². The van der Waals surface area contributed by atoms with Crippen LogP contribution in [-0.2, 0) is 0 Å². The summed E-state index contributed by atoms with van der Waals surface area (Å²) in [4.78, 5) is 8.11. The Morgan fingerprint density at radius 3 is 1.79 bits per heavy atom. The molecule has 3 aromatic rings. The molecule has 92 valence electrons. The van der Waals surface area contributed by atoms with Crippen LogP contribution in [0.1, 0.15) is 0 Å². The predicted octanol–water partition coefficient (Wildman–Crippen LogP) is 3.39. The largest absolute Gasteiger partial charge is 0.368 e. The molecular formula is C16H13N3. The molecule has 1 aromatic heterocycles. The van der Waals surface area contributed by atoms with Crippen molar-refractivity contribution < 1.29 is 0 Å². The quantitative estimate of drug-likeness (QED) is 0.755. The van der Waals surface area contributed by atoms with Crippen molar-refractivity contribution in [2.24, 2.45) is 0 Å². The minimum absolute atomic E-state index is 0.293. The maximum atomic E-state index is 5.53. The lowest BCUT2D eigenvalue weighted by molar-refractivity contribution is 1.19. The lowest BCUT2D eigenvalue weighted by Crippen LogP contribution is -1.94. The van der Waals surface area contributed by atoms with Crippen molar-refractivity contribution in [2.45, 2.75) is 0 Å². The van der Waals surface area contributed by atoms with Gasteiger partial charge in [-0.25, -0.2) is 9.97 Å². The van der Waals surface area contributed by atoms with Crippen LogP contribution in [0.25, 0.3) is 22.3 Å². The molecule has 3 nitrogen and oxygen atoms in total. The Bertz CT molecular complexity index is 676. The van der Waals surface area contributed by atoms with E-state index in [0.29, 0.717) is 5.95 Å². The highest BCUT2D eigenvalue weighted by Gasteiger charge is 2.06. The monoisotopic (exact) mass is 247 g/mol. The van der Waals surface area contributed by atoms with E-state index in [-0.39, 0.29) is 0 Å². The highest BCUT2D eigenvalue weighted by molar-refractivity contribution is 5.82. The molecule has 0 aliphatic carbocycles. The second kappa shape index (κ2) is 4.90. The van der Waals surface area contributed by atoms with Crippen molar-refractivity contribution in [1.29, 1.82) is 0 Å². The first-order chi connectivity index (χ1) is 9.34. The van der Waals surface area contributed by atoms with Gasteiger partial charge in [0.1, 0.15) is 0 Å². The van der Waals surface area contributed by atoms with E-state index in [1.54, 1.807) is 12.4 Å². The molecule has 0 atom stereocenters. The van der Waals surface area contributed by atoms with Crippen molar-refractivity contribution in [3.05, 3.63) is 67.0 Å². The van der Waals surface area contributed by atoms with Gasteiger partial charge >= 0.3 is 0 Å². The standard InChI is InChI=1S/C16H13N3/c17-16-18-10-13(11-19-16)15-9-5-4-8-14(15)12-6-2-1-3-7-12/h1-11H,(H2,17,18,19). The number of rotatable bonds is 2. The Hall–Kier alpha value is -2.68. The third-order valence-corrected chi connectivity index (χ3v) is 2.99. The first kappa shape index (κ1) is 11.4. The minimum Gasteiger partial charge on any atom is -0.368 e. The number of nitrogens with zero attached hydrogens (tertiary/aromatic N) is 2. The summed E-state index contributed by atoms with van der Waals surface area (Å²) in [5.74, 6) is 0.293. The van der Waals surface area contributed by atoms with Crippen LogP contribution in [0.2, 0.25) is 0 Å². The molecule has 0 bridgehead atoms. The molecule has 1 heterocycles. The third kappa shape index (κ3) is 2.31. The van der Waals surface area contributed by atoms with Gasteiger partial charge in [0.15, 0.2) is 0 Å². The van der Waals surface area contributed by atoms with E-state index in [9.17, 15) is 0 Å². The van der Waals surface area contributed by atoms with Gasteiger partial charge in [0.25, 0.3) is 0 Å². The summed E-state index contributed by atoms with van der Waals surface area (Å²) in [7, 11) is 0. The first-order valence-electron chi connectivity index (χ1n) is 6.07. The van der Waals surface area contributed by atoms with Gasteiger partial charge in [-0.1, -0.05) is 54.6 Å². The zero-order valence-electron chi connectivity index (χ0n) is 10.3. The Morgan fingerprint density at radius 1 is 0.632 bits per heavy atom. The molecule has 0 aliphatic rings. The van der Waals surface area contributed by atoms with Gasteiger partial charge in [0.2, 0.25) is 5.95 Å². The maximum Gasteiger partial charge on any atom is 0.219 e. The average molecular weight is 247 g/mol. The topological polar surface area (TPSA) is 51.8 Å². The first-order valence-corrected chi connectivity index (χ1v) is 6.07. The normalized spacial score (nSPS) is 10.3. The Labute approximate surface area is 111 Å². The molecule has 0 spiro atoms. The fourth-order valence-electron chi connectivity index (χ4n) is 2.08. The van der Waals surface area contributed by atoms with Crippen molar-refractivity contribution in [1.82, 2.24) is 9.97 Å². The number of hydrogen-bond acceptors (Lipinski definition) is 3. The van der Waals surface area contributed by atoms with E-state index in [1.807, 2.05) is 30.3 Å². The van der Waals surface area contributed by atoms with Crippen LogP contribution >= 0.6 is 0 Å². The maximum absolute atomic E-state index is 5.53. The van der Waals surface area contributed by atoms with Crippen LogP contribution in [0.5, 0.6) is 0 Å². The van der Waals surface area contributed by atoms with Crippen LogP contribution in [0, 0.1) is 0 Å². The van der Waals surface area contributed by atoms with Crippen molar-refractivity contribution >= 4 is 5.95 Å². The summed E-state index contributed by atoms with van der Waals surface area (Å²) < 4.78 is 0. The molecule has 3 heteroatoms. The third-order valence-electron chi connectivity index (χ3n) is 2.99. The van der Waals surface area contributed by atoms with Crippen LogP contribution in [0.3, 0.4) is 0 Å². The zero-order chi connectivity index (χ0) is 13.1. The fourth-order valence-corrected chi connectivity index (χ4v) is 2.08. The van der Waals surface area contributed by atoms with Gasteiger partial charge in [0.05, 0.1) is 0 Å².